The molecule has 1 aromatic carbocycles. The summed E-state index contributed by atoms with van der Waals surface area (Å²) in [5.74, 6) is -4.30. The normalized spacial score (nSPS) is 14.4. The van der Waals surface area contributed by atoms with Gasteiger partial charge in [0.05, 0.1) is 12.1 Å². The minimum absolute atomic E-state index is 0. The molecule has 0 fully saturated rings. The molecule has 0 aliphatic heterocycles. The van der Waals surface area contributed by atoms with Gasteiger partial charge in [0, 0.05) is 0 Å². The van der Waals surface area contributed by atoms with Crippen LogP contribution in [0, 0.1) is 23.4 Å². The summed E-state index contributed by atoms with van der Waals surface area (Å²) in [6.45, 7) is 3.45. The van der Waals surface area contributed by atoms with Crippen LogP contribution in [0.3, 0.4) is 0 Å². The van der Waals surface area contributed by atoms with Crippen LogP contribution < -0.4 is 5.73 Å². The lowest BCUT2D eigenvalue weighted by Gasteiger charge is -2.22. The molecule has 0 aliphatic rings. The Kier molecular flexibility index (Phi) is 5.95. The van der Waals surface area contributed by atoms with Crippen LogP contribution in [0.4, 0.5) is 13.2 Å². The third-order valence-corrected chi connectivity index (χ3v) is 2.44. The molecule has 2 atom stereocenters. The van der Waals surface area contributed by atoms with Crippen molar-refractivity contribution in [3.63, 3.8) is 0 Å². The zero-order valence-corrected chi connectivity index (χ0v) is 10.3. The molecule has 17 heavy (non-hydrogen) atoms. The van der Waals surface area contributed by atoms with E-state index in [2.05, 4.69) is 0 Å². The van der Waals surface area contributed by atoms with Gasteiger partial charge in [-0.3, -0.25) is 0 Å². The van der Waals surface area contributed by atoms with Crippen molar-refractivity contribution in [2.45, 2.75) is 26.0 Å². The molecular formula is C11H15ClF3NO. The number of hydrogen-bond donors (Lipinski definition) is 2. The Labute approximate surface area is 104 Å². The molecule has 0 saturated carbocycles. The predicted molar refractivity (Wildman–Crippen MR) is 61.3 cm³/mol. The molecule has 0 radical (unpaired) electrons. The summed E-state index contributed by atoms with van der Waals surface area (Å²) in [5, 5.41) is 9.64. The fourth-order valence-electron chi connectivity index (χ4n) is 1.38. The van der Waals surface area contributed by atoms with Crippen LogP contribution in [0.2, 0.25) is 0 Å². The van der Waals surface area contributed by atoms with Crippen LogP contribution >= 0.6 is 12.4 Å². The van der Waals surface area contributed by atoms with E-state index in [0.717, 1.165) is 12.1 Å². The van der Waals surface area contributed by atoms with Crippen molar-refractivity contribution in [3.05, 3.63) is 35.1 Å². The Morgan fingerprint density at radius 2 is 1.53 bits per heavy atom. The fraction of sp³-hybridized carbons (Fsp3) is 0.455. The van der Waals surface area contributed by atoms with Crippen LogP contribution in [0.1, 0.15) is 25.5 Å². The molecule has 1 rings (SSSR count). The Morgan fingerprint density at radius 3 is 1.88 bits per heavy atom. The summed E-state index contributed by atoms with van der Waals surface area (Å²) < 4.78 is 38.5. The predicted octanol–water partition coefficient (Wildman–Crippen LogP) is 2.54. The minimum Gasteiger partial charge on any atom is -0.391 e. The second-order valence-electron chi connectivity index (χ2n) is 4.06. The lowest BCUT2D eigenvalue weighted by molar-refractivity contribution is 0.0976. The number of nitrogens with two attached hydrogens (primary N) is 1. The molecule has 6 heteroatoms. The van der Waals surface area contributed by atoms with E-state index in [0.29, 0.717) is 0 Å². The van der Waals surface area contributed by atoms with Crippen LogP contribution in [-0.4, -0.2) is 11.2 Å². The van der Waals surface area contributed by atoms with E-state index < -0.39 is 29.6 Å². The van der Waals surface area contributed by atoms with Crippen LogP contribution in [0.25, 0.3) is 0 Å². The van der Waals surface area contributed by atoms with Gasteiger partial charge in [-0.25, -0.2) is 13.2 Å². The average molecular weight is 270 g/mol. The SMILES string of the molecule is CC(C)[C@H](O)[C@H](N)c1cc(F)c(F)c(F)c1.Cl. The highest BCUT2D eigenvalue weighted by molar-refractivity contribution is 5.85. The number of halogens is 4. The van der Waals surface area contributed by atoms with E-state index >= 15 is 0 Å². The first-order chi connectivity index (χ1) is 7.34. The smallest absolute Gasteiger partial charge is 0.194 e. The number of aliphatic hydroxyl groups excluding tert-OH is 1. The lowest BCUT2D eigenvalue weighted by Crippen LogP contribution is -2.30. The zero-order chi connectivity index (χ0) is 12.5. The van der Waals surface area contributed by atoms with Crippen molar-refractivity contribution in [2.75, 3.05) is 0 Å². The third-order valence-electron chi connectivity index (χ3n) is 2.44. The largest absolute Gasteiger partial charge is 0.391 e. The molecular weight excluding hydrogens is 255 g/mol. The summed E-state index contributed by atoms with van der Waals surface area (Å²) in [5.41, 5.74) is 5.66. The van der Waals surface area contributed by atoms with E-state index in [1.165, 1.54) is 0 Å². The molecule has 0 heterocycles. The molecule has 0 aromatic heterocycles. The van der Waals surface area contributed by atoms with Crippen LogP contribution in [0.15, 0.2) is 12.1 Å². The average Bonchev–Trinajstić information content (AvgIpc) is 2.22. The van der Waals surface area contributed by atoms with E-state index in [1.54, 1.807) is 13.8 Å². The van der Waals surface area contributed by atoms with Crippen LogP contribution in [-0.2, 0) is 0 Å². The Bertz CT molecular complexity index is 364. The molecule has 0 spiro atoms. The topological polar surface area (TPSA) is 46.2 Å². The van der Waals surface area contributed by atoms with Gasteiger partial charge < -0.3 is 10.8 Å². The summed E-state index contributed by atoms with van der Waals surface area (Å²) >= 11 is 0. The van der Waals surface area contributed by atoms with Crippen molar-refractivity contribution in [3.8, 4) is 0 Å². The Balaban J connectivity index is 0.00000256. The first-order valence-electron chi connectivity index (χ1n) is 4.92. The fourth-order valence-corrected chi connectivity index (χ4v) is 1.38. The van der Waals surface area contributed by atoms with Crippen molar-refractivity contribution in [1.82, 2.24) is 0 Å². The Hall–Kier alpha value is -0.780. The summed E-state index contributed by atoms with van der Waals surface area (Å²) in [7, 11) is 0. The summed E-state index contributed by atoms with van der Waals surface area (Å²) in [4.78, 5) is 0. The maximum absolute atomic E-state index is 12.9. The highest BCUT2D eigenvalue weighted by atomic mass is 35.5. The summed E-state index contributed by atoms with van der Waals surface area (Å²) in [6.07, 6.45) is -0.940. The number of rotatable bonds is 3. The van der Waals surface area contributed by atoms with Gasteiger partial charge in [-0.2, -0.15) is 0 Å². The number of benzene rings is 1. The molecule has 1 aromatic rings. The van der Waals surface area contributed by atoms with Crippen molar-refractivity contribution in [1.29, 1.82) is 0 Å². The van der Waals surface area contributed by atoms with E-state index in [9.17, 15) is 18.3 Å². The molecule has 0 saturated heterocycles. The number of aliphatic hydroxyl groups is 1. The molecule has 3 N–H and O–H groups in total. The molecule has 0 unspecified atom stereocenters. The van der Waals surface area contributed by atoms with E-state index in [4.69, 9.17) is 5.73 Å². The van der Waals surface area contributed by atoms with Crippen molar-refractivity contribution >= 4 is 12.4 Å². The first kappa shape index (κ1) is 16.2. The van der Waals surface area contributed by atoms with Crippen molar-refractivity contribution < 1.29 is 18.3 Å². The summed E-state index contributed by atoms with van der Waals surface area (Å²) in [6, 6.07) is 0.660. The molecule has 0 bridgehead atoms. The second kappa shape index (κ2) is 6.23. The van der Waals surface area contributed by atoms with Gasteiger partial charge in [-0.15, -0.1) is 12.4 Å². The standard InChI is InChI=1S/C11H14F3NO.ClH/c1-5(2)11(16)10(15)6-3-7(12)9(14)8(13)4-6;/h3-5,10-11,16H,15H2,1-2H3;1H/t10-,11+;/m1./s1. The molecule has 2 nitrogen and oxygen atoms in total. The van der Waals surface area contributed by atoms with Gasteiger partial charge in [-0.05, 0) is 23.6 Å². The highest BCUT2D eigenvalue weighted by Crippen LogP contribution is 2.23. The van der Waals surface area contributed by atoms with E-state index in [1.807, 2.05) is 0 Å². The van der Waals surface area contributed by atoms with Gasteiger partial charge in [0.25, 0.3) is 0 Å². The third kappa shape index (κ3) is 3.59. The van der Waals surface area contributed by atoms with Gasteiger partial charge in [0.15, 0.2) is 17.5 Å². The minimum atomic E-state index is -1.53. The van der Waals surface area contributed by atoms with Gasteiger partial charge in [-0.1, -0.05) is 13.8 Å². The van der Waals surface area contributed by atoms with Gasteiger partial charge in [0.1, 0.15) is 0 Å². The lowest BCUT2D eigenvalue weighted by atomic mass is 9.94. The molecule has 0 aliphatic carbocycles. The molecule has 0 amide bonds. The highest BCUT2D eigenvalue weighted by Gasteiger charge is 2.22. The zero-order valence-electron chi connectivity index (χ0n) is 9.45. The quantitative estimate of drug-likeness (QED) is 0.829. The molecule has 98 valence electrons. The van der Waals surface area contributed by atoms with E-state index in [-0.39, 0.29) is 23.9 Å². The van der Waals surface area contributed by atoms with Crippen molar-refractivity contribution in [2.24, 2.45) is 11.7 Å². The van der Waals surface area contributed by atoms with Crippen LogP contribution in [0.5, 0.6) is 0 Å². The van der Waals surface area contributed by atoms with Gasteiger partial charge in [0.2, 0.25) is 0 Å². The Morgan fingerprint density at radius 1 is 1.12 bits per heavy atom. The monoisotopic (exact) mass is 269 g/mol. The number of hydrogen-bond acceptors (Lipinski definition) is 2. The maximum atomic E-state index is 12.9. The first-order valence-corrected chi connectivity index (χ1v) is 4.92. The van der Waals surface area contributed by atoms with Gasteiger partial charge >= 0.3 is 0 Å². The maximum Gasteiger partial charge on any atom is 0.194 e. The second-order valence-corrected chi connectivity index (χ2v) is 4.06.